The van der Waals surface area contributed by atoms with E-state index in [-0.39, 0.29) is 0 Å². The van der Waals surface area contributed by atoms with Gasteiger partial charge in [0.05, 0.1) is 28.4 Å². The number of para-hydroxylation sites is 1. The lowest BCUT2D eigenvalue weighted by Crippen LogP contribution is -2.03. The summed E-state index contributed by atoms with van der Waals surface area (Å²) in [6.07, 6.45) is 0. The third kappa shape index (κ3) is 3.84. The maximum Gasteiger partial charge on any atom is 0.165 e. The number of hydrogen-bond donors (Lipinski definition) is 0. The van der Waals surface area contributed by atoms with Gasteiger partial charge in [-0.15, -0.1) is 0 Å². The molecule has 0 aliphatic carbocycles. The van der Waals surface area contributed by atoms with E-state index >= 15 is 0 Å². The fraction of sp³-hybridized carbons (Fsp3) is 0.125. The van der Waals surface area contributed by atoms with Crippen molar-refractivity contribution >= 4 is 21.8 Å². The lowest BCUT2D eigenvalue weighted by Gasteiger charge is -2.15. The van der Waals surface area contributed by atoms with Crippen molar-refractivity contribution in [2.75, 3.05) is 0 Å². The second kappa shape index (κ2) is 8.69. The molecule has 178 valence electrons. The molecule has 0 unspecified atom stereocenters. The maximum atomic E-state index is 9.68. The van der Waals surface area contributed by atoms with Gasteiger partial charge < -0.3 is 4.57 Å². The molecular formula is C32H25N5. The number of hydrogen-bond acceptors (Lipinski definition) is 4. The number of aryl methyl sites for hydroxylation is 4. The second-order valence-electron chi connectivity index (χ2n) is 9.50. The average molecular weight is 480 g/mol. The second-order valence-corrected chi connectivity index (χ2v) is 9.50. The minimum Gasteiger partial charge on any atom is -0.308 e. The Bertz CT molecular complexity index is 1870. The third-order valence-electron chi connectivity index (χ3n) is 6.83. The van der Waals surface area contributed by atoms with E-state index in [9.17, 15) is 5.26 Å². The van der Waals surface area contributed by atoms with Crippen molar-refractivity contribution in [3.8, 4) is 34.3 Å². The number of fused-ring (bicyclic) bond motifs is 3. The van der Waals surface area contributed by atoms with Crippen molar-refractivity contribution < 1.29 is 0 Å². The number of rotatable bonds is 3. The average Bonchev–Trinajstić information content (AvgIpc) is 3.21. The summed E-state index contributed by atoms with van der Waals surface area (Å²) in [5.74, 6) is 1.86. The van der Waals surface area contributed by atoms with E-state index in [0.717, 1.165) is 27.8 Å². The van der Waals surface area contributed by atoms with Crippen molar-refractivity contribution in [1.29, 1.82) is 5.26 Å². The number of aromatic nitrogens is 4. The molecule has 0 aliphatic rings. The largest absolute Gasteiger partial charge is 0.308 e. The summed E-state index contributed by atoms with van der Waals surface area (Å²) in [5, 5.41) is 12.0. The van der Waals surface area contributed by atoms with Crippen LogP contribution in [-0.4, -0.2) is 19.5 Å². The minimum atomic E-state index is 0.561. The highest BCUT2D eigenvalue weighted by molar-refractivity contribution is 6.10. The zero-order valence-electron chi connectivity index (χ0n) is 21.2. The number of nitrogens with zero attached hydrogens (tertiary/aromatic N) is 5. The lowest BCUT2D eigenvalue weighted by atomic mass is 9.97. The first kappa shape index (κ1) is 22.6. The molecule has 0 N–H and O–H groups in total. The van der Waals surface area contributed by atoms with Gasteiger partial charge in [-0.2, -0.15) is 5.26 Å². The van der Waals surface area contributed by atoms with Gasteiger partial charge in [-0.3, -0.25) is 0 Å². The van der Waals surface area contributed by atoms with Crippen LogP contribution < -0.4 is 0 Å². The Morgan fingerprint density at radius 3 is 2.19 bits per heavy atom. The van der Waals surface area contributed by atoms with Gasteiger partial charge in [0.1, 0.15) is 11.6 Å². The molecule has 2 aromatic heterocycles. The quantitative estimate of drug-likeness (QED) is 0.265. The summed E-state index contributed by atoms with van der Waals surface area (Å²) in [6, 6.07) is 29.7. The van der Waals surface area contributed by atoms with Crippen molar-refractivity contribution in [1.82, 2.24) is 19.5 Å². The van der Waals surface area contributed by atoms with Crippen LogP contribution in [0.5, 0.6) is 0 Å². The highest BCUT2D eigenvalue weighted by Gasteiger charge is 2.19. The van der Waals surface area contributed by atoms with Gasteiger partial charge in [-0.05, 0) is 74.7 Å². The predicted molar refractivity (Wildman–Crippen MR) is 149 cm³/mol. The number of nitriles is 1. The van der Waals surface area contributed by atoms with Gasteiger partial charge in [0.15, 0.2) is 5.82 Å². The van der Waals surface area contributed by atoms with Crippen LogP contribution >= 0.6 is 0 Å². The Kier molecular flexibility index (Phi) is 5.31. The van der Waals surface area contributed by atoms with Crippen molar-refractivity contribution in [2.24, 2.45) is 0 Å². The van der Waals surface area contributed by atoms with Gasteiger partial charge in [-0.1, -0.05) is 54.1 Å². The summed E-state index contributed by atoms with van der Waals surface area (Å²) in [5.41, 5.74) is 9.34. The van der Waals surface area contributed by atoms with Gasteiger partial charge in [0, 0.05) is 16.3 Å². The van der Waals surface area contributed by atoms with E-state index < -0.39 is 0 Å². The molecule has 4 aromatic carbocycles. The smallest absolute Gasteiger partial charge is 0.165 e. The molecule has 0 saturated carbocycles. The van der Waals surface area contributed by atoms with Crippen LogP contribution in [0.3, 0.4) is 0 Å². The van der Waals surface area contributed by atoms with E-state index in [1.165, 1.54) is 27.5 Å². The third-order valence-corrected chi connectivity index (χ3v) is 6.83. The van der Waals surface area contributed by atoms with Crippen LogP contribution in [0, 0.1) is 39.0 Å². The molecule has 5 heteroatoms. The van der Waals surface area contributed by atoms with E-state index in [2.05, 4.69) is 100 Å². The molecule has 6 aromatic rings. The molecule has 0 aliphatic heterocycles. The van der Waals surface area contributed by atoms with E-state index in [4.69, 9.17) is 0 Å². The van der Waals surface area contributed by atoms with E-state index in [0.29, 0.717) is 23.0 Å². The zero-order chi connectivity index (χ0) is 25.7. The normalized spacial score (nSPS) is 11.2. The van der Waals surface area contributed by atoms with Crippen LogP contribution in [0.2, 0.25) is 0 Å². The standard InChI is InChI=1S/C32H25N5/c1-19-9-12-25(20(2)15-19)24-11-13-27-26-7-5-6-8-29(26)37(31(27)17-24)30-14-10-23(18-33)16-28(30)32-35-21(3)34-22(4)36-32/h5-17H,1-4H3. The summed E-state index contributed by atoms with van der Waals surface area (Å²) >= 11 is 0. The first-order chi connectivity index (χ1) is 17.9. The summed E-state index contributed by atoms with van der Waals surface area (Å²) in [7, 11) is 0. The molecular weight excluding hydrogens is 454 g/mol. The first-order valence-corrected chi connectivity index (χ1v) is 12.3. The minimum absolute atomic E-state index is 0.561. The fourth-order valence-electron chi connectivity index (χ4n) is 5.25. The Labute approximate surface area is 215 Å². The molecule has 6 rings (SSSR count). The van der Waals surface area contributed by atoms with Gasteiger partial charge in [-0.25, -0.2) is 15.0 Å². The zero-order valence-corrected chi connectivity index (χ0v) is 21.2. The molecule has 0 bridgehead atoms. The van der Waals surface area contributed by atoms with Crippen LogP contribution in [0.25, 0.3) is 50.0 Å². The summed E-state index contributed by atoms with van der Waals surface area (Å²) < 4.78 is 2.27. The monoisotopic (exact) mass is 479 g/mol. The lowest BCUT2D eigenvalue weighted by molar-refractivity contribution is 0.926. The molecule has 0 atom stereocenters. The maximum absolute atomic E-state index is 9.68. The Balaban J connectivity index is 1.70. The summed E-state index contributed by atoms with van der Waals surface area (Å²) in [6.45, 7) is 8.01. The highest BCUT2D eigenvalue weighted by Crippen LogP contribution is 2.38. The molecule has 0 spiro atoms. The van der Waals surface area contributed by atoms with Crippen LogP contribution in [0.1, 0.15) is 28.3 Å². The molecule has 5 nitrogen and oxygen atoms in total. The predicted octanol–water partition coefficient (Wildman–Crippen LogP) is 7.41. The SMILES string of the molecule is Cc1ccc(-c2ccc3c4ccccc4n(-c4ccc(C#N)cc4-c4nc(C)nc(C)n4)c3c2)c(C)c1. The van der Waals surface area contributed by atoms with Gasteiger partial charge in [0.2, 0.25) is 0 Å². The molecule has 2 heterocycles. The van der Waals surface area contributed by atoms with Gasteiger partial charge >= 0.3 is 0 Å². The van der Waals surface area contributed by atoms with Crippen molar-refractivity contribution in [2.45, 2.75) is 27.7 Å². The molecule has 0 amide bonds. The Morgan fingerprint density at radius 1 is 0.676 bits per heavy atom. The first-order valence-electron chi connectivity index (χ1n) is 12.3. The molecule has 0 saturated heterocycles. The van der Waals surface area contributed by atoms with Crippen LogP contribution in [0.4, 0.5) is 0 Å². The van der Waals surface area contributed by atoms with Gasteiger partial charge in [0.25, 0.3) is 0 Å². The van der Waals surface area contributed by atoms with Crippen LogP contribution in [-0.2, 0) is 0 Å². The topological polar surface area (TPSA) is 67.4 Å². The summed E-state index contributed by atoms with van der Waals surface area (Å²) in [4.78, 5) is 13.7. The van der Waals surface area contributed by atoms with Crippen molar-refractivity contribution in [3.05, 3.63) is 107 Å². The van der Waals surface area contributed by atoms with E-state index in [1.807, 2.05) is 32.0 Å². The molecule has 0 radical (unpaired) electrons. The molecule has 0 fully saturated rings. The number of benzene rings is 4. The Morgan fingerprint density at radius 2 is 1.43 bits per heavy atom. The fourth-order valence-corrected chi connectivity index (χ4v) is 5.25. The van der Waals surface area contributed by atoms with Crippen LogP contribution in [0.15, 0.2) is 78.9 Å². The van der Waals surface area contributed by atoms with E-state index in [1.54, 1.807) is 0 Å². The Hall–Kier alpha value is -4.82. The molecule has 37 heavy (non-hydrogen) atoms. The highest BCUT2D eigenvalue weighted by atomic mass is 15.0. The van der Waals surface area contributed by atoms with Crippen molar-refractivity contribution in [3.63, 3.8) is 0 Å².